The highest BCUT2D eigenvalue weighted by Gasteiger charge is 2.18. The van der Waals surface area contributed by atoms with E-state index in [1.165, 1.54) is 13.0 Å². The van der Waals surface area contributed by atoms with Crippen LogP contribution in [0.5, 0.6) is 5.75 Å². The van der Waals surface area contributed by atoms with E-state index in [0.29, 0.717) is 5.75 Å². The zero-order valence-corrected chi connectivity index (χ0v) is 11.1. The molecule has 0 radical (unpaired) electrons. The van der Waals surface area contributed by atoms with E-state index in [1.54, 1.807) is 19.3 Å². The van der Waals surface area contributed by atoms with Crippen LogP contribution >= 0.6 is 0 Å². The van der Waals surface area contributed by atoms with Gasteiger partial charge in [-0.2, -0.15) is 0 Å². The average Bonchev–Trinajstić information content (AvgIpc) is 2.43. The van der Waals surface area contributed by atoms with E-state index < -0.39 is 12.2 Å². The van der Waals surface area contributed by atoms with Gasteiger partial charge in [0.1, 0.15) is 11.4 Å². The molecular formula is C14H19NO4. The van der Waals surface area contributed by atoms with Gasteiger partial charge in [0.05, 0.1) is 13.7 Å². The summed E-state index contributed by atoms with van der Waals surface area (Å²) in [5, 5.41) is 20.9. The maximum Gasteiger partial charge on any atom is 0.244 e. The lowest BCUT2D eigenvalue weighted by Gasteiger charge is -2.19. The standard InChI is InChI=1S/C14H19NO4/c1-14(18,10-16)9-15-13(17)7-6-11-4-3-5-12(8-11)19-2/h3-8,16,18H,9-10H2,1-2H3,(H,15,17). The maximum absolute atomic E-state index is 11.5. The van der Waals surface area contributed by atoms with Gasteiger partial charge in [-0.1, -0.05) is 12.1 Å². The van der Waals surface area contributed by atoms with Gasteiger partial charge in [-0.05, 0) is 30.7 Å². The summed E-state index contributed by atoms with van der Waals surface area (Å²) >= 11 is 0. The van der Waals surface area contributed by atoms with Crippen molar-refractivity contribution in [2.75, 3.05) is 20.3 Å². The second kappa shape index (κ2) is 6.92. The lowest BCUT2D eigenvalue weighted by molar-refractivity contribution is -0.117. The summed E-state index contributed by atoms with van der Waals surface area (Å²) < 4.78 is 5.07. The van der Waals surface area contributed by atoms with Gasteiger partial charge in [0, 0.05) is 12.6 Å². The van der Waals surface area contributed by atoms with Crippen LogP contribution in [0.2, 0.25) is 0 Å². The van der Waals surface area contributed by atoms with E-state index in [0.717, 1.165) is 5.56 Å². The predicted molar refractivity (Wildman–Crippen MR) is 72.7 cm³/mol. The Kier molecular flexibility index (Phi) is 5.54. The third kappa shape index (κ3) is 5.54. The molecule has 0 aromatic heterocycles. The smallest absolute Gasteiger partial charge is 0.244 e. The van der Waals surface area contributed by atoms with Gasteiger partial charge >= 0.3 is 0 Å². The Morgan fingerprint density at radius 1 is 1.53 bits per heavy atom. The molecule has 19 heavy (non-hydrogen) atoms. The molecule has 5 heteroatoms. The molecule has 0 heterocycles. The highest BCUT2D eigenvalue weighted by molar-refractivity contribution is 5.91. The normalized spacial score (nSPS) is 14.1. The lowest BCUT2D eigenvalue weighted by atomic mass is 10.1. The molecule has 0 fully saturated rings. The van der Waals surface area contributed by atoms with Gasteiger partial charge in [0.15, 0.2) is 0 Å². The fourth-order valence-corrected chi connectivity index (χ4v) is 1.31. The summed E-state index contributed by atoms with van der Waals surface area (Å²) in [6.07, 6.45) is 3.01. The molecule has 0 saturated carbocycles. The zero-order chi connectivity index (χ0) is 14.3. The molecule has 1 unspecified atom stereocenters. The Morgan fingerprint density at radius 2 is 2.26 bits per heavy atom. The number of rotatable bonds is 6. The molecular weight excluding hydrogens is 246 g/mol. The molecule has 0 bridgehead atoms. The van der Waals surface area contributed by atoms with Crippen molar-refractivity contribution in [1.29, 1.82) is 0 Å². The Labute approximate surface area is 112 Å². The van der Waals surface area contributed by atoms with E-state index in [-0.39, 0.29) is 12.5 Å². The average molecular weight is 265 g/mol. The molecule has 0 saturated heterocycles. The second-order valence-corrected chi connectivity index (χ2v) is 4.48. The zero-order valence-electron chi connectivity index (χ0n) is 11.1. The van der Waals surface area contributed by atoms with E-state index >= 15 is 0 Å². The van der Waals surface area contributed by atoms with Crippen molar-refractivity contribution in [2.45, 2.75) is 12.5 Å². The minimum atomic E-state index is -1.31. The Morgan fingerprint density at radius 3 is 2.89 bits per heavy atom. The van der Waals surface area contributed by atoms with Gasteiger partial charge in [-0.3, -0.25) is 4.79 Å². The second-order valence-electron chi connectivity index (χ2n) is 4.48. The Bertz CT molecular complexity index is 455. The minimum Gasteiger partial charge on any atom is -0.497 e. The first-order valence-corrected chi connectivity index (χ1v) is 5.90. The van der Waals surface area contributed by atoms with Crippen molar-refractivity contribution in [3.05, 3.63) is 35.9 Å². The number of carbonyl (C=O) groups excluding carboxylic acids is 1. The van der Waals surface area contributed by atoms with Crippen LogP contribution in [0.15, 0.2) is 30.3 Å². The number of amides is 1. The van der Waals surface area contributed by atoms with Crippen molar-refractivity contribution >= 4 is 12.0 Å². The van der Waals surface area contributed by atoms with E-state index in [4.69, 9.17) is 9.84 Å². The monoisotopic (exact) mass is 265 g/mol. The van der Waals surface area contributed by atoms with Crippen molar-refractivity contribution in [1.82, 2.24) is 5.32 Å². The number of carbonyl (C=O) groups is 1. The lowest BCUT2D eigenvalue weighted by Crippen LogP contribution is -2.42. The van der Waals surface area contributed by atoms with Crippen molar-refractivity contribution in [2.24, 2.45) is 0 Å². The fourth-order valence-electron chi connectivity index (χ4n) is 1.31. The first kappa shape index (κ1) is 15.2. The van der Waals surface area contributed by atoms with Crippen molar-refractivity contribution < 1.29 is 19.7 Å². The molecule has 5 nitrogen and oxygen atoms in total. The highest BCUT2D eigenvalue weighted by atomic mass is 16.5. The predicted octanol–water partition coefficient (Wildman–Crippen LogP) is 0.568. The molecule has 0 aliphatic rings. The van der Waals surface area contributed by atoms with Crippen molar-refractivity contribution in [3.8, 4) is 5.75 Å². The summed E-state index contributed by atoms with van der Waals surface area (Å²) in [7, 11) is 1.58. The van der Waals surface area contributed by atoms with Gasteiger partial charge in [0.25, 0.3) is 0 Å². The molecule has 0 spiro atoms. The molecule has 1 aromatic carbocycles. The summed E-state index contributed by atoms with van der Waals surface area (Å²) in [5.41, 5.74) is -0.470. The first-order valence-electron chi connectivity index (χ1n) is 5.90. The highest BCUT2D eigenvalue weighted by Crippen LogP contribution is 2.13. The van der Waals surface area contributed by atoms with Crippen LogP contribution in [-0.4, -0.2) is 42.0 Å². The topological polar surface area (TPSA) is 78.8 Å². The fraction of sp³-hybridized carbons (Fsp3) is 0.357. The van der Waals surface area contributed by atoms with E-state index in [1.807, 2.05) is 18.2 Å². The number of nitrogens with one attached hydrogen (secondary N) is 1. The molecule has 1 aromatic rings. The third-order valence-electron chi connectivity index (χ3n) is 2.51. The summed E-state index contributed by atoms with van der Waals surface area (Å²) in [5.74, 6) is 0.377. The number of hydrogen-bond acceptors (Lipinski definition) is 4. The maximum atomic E-state index is 11.5. The number of methoxy groups -OCH3 is 1. The molecule has 1 atom stereocenters. The van der Waals surface area contributed by atoms with Crippen LogP contribution < -0.4 is 10.1 Å². The van der Waals surface area contributed by atoms with Crippen LogP contribution in [0.3, 0.4) is 0 Å². The molecule has 1 amide bonds. The largest absolute Gasteiger partial charge is 0.497 e. The number of ether oxygens (including phenoxy) is 1. The molecule has 104 valence electrons. The van der Waals surface area contributed by atoms with Crippen LogP contribution in [-0.2, 0) is 4.79 Å². The third-order valence-corrected chi connectivity index (χ3v) is 2.51. The van der Waals surface area contributed by atoms with Crippen LogP contribution in [0.4, 0.5) is 0 Å². The molecule has 1 rings (SSSR count). The Hall–Kier alpha value is -1.85. The number of hydrogen-bond donors (Lipinski definition) is 3. The van der Waals surface area contributed by atoms with Crippen LogP contribution in [0.1, 0.15) is 12.5 Å². The Balaban J connectivity index is 2.54. The van der Waals surface area contributed by atoms with Crippen molar-refractivity contribution in [3.63, 3.8) is 0 Å². The molecule has 0 aliphatic carbocycles. The van der Waals surface area contributed by atoms with E-state index in [9.17, 15) is 9.90 Å². The van der Waals surface area contributed by atoms with Crippen LogP contribution in [0, 0.1) is 0 Å². The number of benzene rings is 1. The molecule has 0 aliphatic heterocycles. The molecule has 3 N–H and O–H groups in total. The first-order chi connectivity index (χ1) is 8.96. The van der Waals surface area contributed by atoms with Gasteiger partial charge < -0.3 is 20.3 Å². The van der Waals surface area contributed by atoms with E-state index in [2.05, 4.69) is 5.32 Å². The van der Waals surface area contributed by atoms with Gasteiger partial charge in [-0.15, -0.1) is 0 Å². The van der Waals surface area contributed by atoms with Crippen LogP contribution in [0.25, 0.3) is 6.08 Å². The SMILES string of the molecule is COc1cccc(C=CC(=O)NCC(C)(O)CO)c1. The van der Waals surface area contributed by atoms with Gasteiger partial charge in [-0.25, -0.2) is 0 Å². The quantitative estimate of drug-likeness (QED) is 0.657. The summed E-state index contributed by atoms with van der Waals surface area (Å²) in [6.45, 7) is 1.02. The summed E-state index contributed by atoms with van der Waals surface area (Å²) in [4.78, 5) is 11.5. The summed E-state index contributed by atoms with van der Waals surface area (Å²) in [6, 6.07) is 7.28. The number of aliphatic hydroxyl groups is 2. The minimum absolute atomic E-state index is 0.00914. The van der Waals surface area contributed by atoms with Gasteiger partial charge in [0.2, 0.25) is 5.91 Å². The number of aliphatic hydroxyl groups excluding tert-OH is 1.